The van der Waals surface area contributed by atoms with Gasteiger partial charge < -0.3 is 9.73 Å². The van der Waals surface area contributed by atoms with Crippen LogP contribution in [0.25, 0.3) is 0 Å². The monoisotopic (exact) mass is 280 g/mol. The van der Waals surface area contributed by atoms with E-state index in [1.807, 2.05) is 6.26 Å². The largest absolute Gasteiger partial charge is 0.468 e. The van der Waals surface area contributed by atoms with E-state index in [1.54, 1.807) is 0 Å². The van der Waals surface area contributed by atoms with Crippen LogP contribution in [0, 0.1) is 0 Å². The van der Waals surface area contributed by atoms with Crippen LogP contribution in [0.5, 0.6) is 0 Å². The molecule has 1 N–H and O–H groups in total. The van der Waals surface area contributed by atoms with Gasteiger partial charge in [0.1, 0.15) is 5.76 Å². The summed E-state index contributed by atoms with van der Waals surface area (Å²) in [6, 6.07) is 2.70. The molecular weight excluding hydrogens is 248 g/mol. The minimum Gasteiger partial charge on any atom is -0.468 e. The molecule has 0 aliphatic carbocycles. The quantitative estimate of drug-likeness (QED) is 0.616. The Morgan fingerprint density at radius 3 is 2.65 bits per heavy atom. The lowest BCUT2D eigenvalue weighted by atomic mass is 10.1. The number of nitrogens with zero attached hydrogens (tertiary/aromatic N) is 1. The summed E-state index contributed by atoms with van der Waals surface area (Å²) in [4.78, 5) is 2.55. The zero-order valence-corrected chi connectivity index (χ0v) is 13.7. The topological polar surface area (TPSA) is 28.4 Å². The molecule has 0 aliphatic rings. The van der Waals surface area contributed by atoms with Gasteiger partial charge in [0.15, 0.2) is 0 Å². The van der Waals surface area contributed by atoms with Gasteiger partial charge in [0.2, 0.25) is 0 Å². The van der Waals surface area contributed by atoms with E-state index in [0.717, 1.165) is 31.8 Å². The Morgan fingerprint density at radius 2 is 2.00 bits per heavy atom. The third kappa shape index (κ3) is 6.10. The minimum atomic E-state index is 0.582. The average Bonchev–Trinajstić information content (AvgIpc) is 2.85. The molecule has 20 heavy (non-hydrogen) atoms. The van der Waals surface area contributed by atoms with Crippen LogP contribution in [0.2, 0.25) is 0 Å². The Kier molecular flexibility index (Phi) is 8.63. The molecule has 0 aliphatic heterocycles. The first kappa shape index (κ1) is 17.3. The first-order chi connectivity index (χ1) is 9.69. The van der Waals surface area contributed by atoms with Gasteiger partial charge in [0.05, 0.1) is 12.8 Å². The number of nitrogens with one attached hydrogen (secondary N) is 1. The predicted octanol–water partition coefficient (Wildman–Crippen LogP) is 4.18. The molecular formula is C17H32N2O. The van der Waals surface area contributed by atoms with Crippen molar-refractivity contribution in [2.45, 2.75) is 72.5 Å². The van der Waals surface area contributed by atoms with Crippen molar-refractivity contribution >= 4 is 0 Å². The van der Waals surface area contributed by atoms with Gasteiger partial charge in [-0.15, -0.1) is 0 Å². The van der Waals surface area contributed by atoms with Crippen LogP contribution < -0.4 is 5.32 Å². The highest BCUT2D eigenvalue weighted by Crippen LogP contribution is 2.16. The van der Waals surface area contributed by atoms with E-state index < -0.39 is 0 Å². The third-order valence-corrected chi connectivity index (χ3v) is 3.70. The van der Waals surface area contributed by atoms with Crippen molar-refractivity contribution in [1.29, 1.82) is 0 Å². The van der Waals surface area contributed by atoms with Crippen molar-refractivity contribution in [3.05, 3.63) is 23.7 Å². The third-order valence-electron chi connectivity index (χ3n) is 3.70. The summed E-state index contributed by atoms with van der Waals surface area (Å²) < 4.78 is 5.63. The van der Waals surface area contributed by atoms with Crippen LogP contribution in [0.4, 0.5) is 0 Å². The van der Waals surface area contributed by atoms with Crippen molar-refractivity contribution in [2.24, 2.45) is 0 Å². The summed E-state index contributed by atoms with van der Waals surface area (Å²) >= 11 is 0. The maximum Gasteiger partial charge on any atom is 0.122 e. The second-order valence-corrected chi connectivity index (χ2v) is 5.82. The molecule has 0 fully saturated rings. The first-order valence-corrected chi connectivity index (χ1v) is 8.19. The summed E-state index contributed by atoms with van der Waals surface area (Å²) in [5.41, 5.74) is 1.33. The van der Waals surface area contributed by atoms with Crippen LogP contribution in [0.3, 0.4) is 0 Å². The highest BCUT2D eigenvalue weighted by atomic mass is 16.3. The highest BCUT2D eigenvalue weighted by molar-refractivity contribution is 5.17. The summed E-state index contributed by atoms with van der Waals surface area (Å²) in [5.74, 6) is 1.10. The summed E-state index contributed by atoms with van der Waals surface area (Å²) in [6.45, 7) is 13.1. The Hall–Kier alpha value is -0.800. The molecule has 0 aromatic carbocycles. The summed E-state index contributed by atoms with van der Waals surface area (Å²) in [5, 5.41) is 3.42. The zero-order valence-electron chi connectivity index (χ0n) is 13.7. The van der Waals surface area contributed by atoms with E-state index in [-0.39, 0.29) is 0 Å². The van der Waals surface area contributed by atoms with E-state index in [4.69, 9.17) is 4.42 Å². The predicted molar refractivity (Wildman–Crippen MR) is 85.8 cm³/mol. The normalized spacial score (nSPS) is 11.7. The van der Waals surface area contributed by atoms with Crippen molar-refractivity contribution < 1.29 is 4.42 Å². The van der Waals surface area contributed by atoms with Crippen LogP contribution >= 0.6 is 0 Å². The molecule has 0 atom stereocenters. The van der Waals surface area contributed by atoms with Gasteiger partial charge in [-0.25, -0.2) is 0 Å². The molecule has 0 spiro atoms. The lowest BCUT2D eigenvalue weighted by molar-refractivity contribution is 0.207. The van der Waals surface area contributed by atoms with Crippen molar-refractivity contribution in [3.63, 3.8) is 0 Å². The van der Waals surface area contributed by atoms with Gasteiger partial charge in [-0.05, 0) is 45.8 Å². The lowest BCUT2D eigenvalue weighted by Gasteiger charge is -2.26. The Balaban J connectivity index is 2.52. The Morgan fingerprint density at radius 1 is 1.20 bits per heavy atom. The lowest BCUT2D eigenvalue weighted by Crippen LogP contribution is -2.31. The molecule has 0 saturated heterocycles. The maximum atomic E-state index is 5.63. The van der Waals surface area contributed by atoms with Crippen LogP contribution in [0.1, 0.15) is 64.7 Å². The van der Waals surface area contributed by atoms with Gasteiger partial charge >= 0.3 is 0 Å². The summed E-state index contributed by atoms with van der Waals surface area (Å²) in [6.07, 6.45) is 6.87. The molecule has 0 radical (unpaired) electrons. The molecule has 3 heteroatoms. The van der Waals surface area contributed by atoms with Crippen molar-refractivity contribution in [1.82, 2.24) is 10.2 Å². The molecule has 116 valence electrons. The standard InChI is InChI=1S/C17H32N2O/c1-5-7-8-11-19(15(3)4)14-16-9-12-20-17(16)13-18-10-6-2/h9,12,15,18H,5-8,10-11,13-14H2,1-4H3. The molecule has 3 nitrogen and oxygen atoms in total. The molecule has 0 bridgehead atoms. The minimum absolute atomic E-state index is 0.582. The van der Waals surface area contributed by atoms with E-state index in [0.29, 0.717) is 6.04 Å². The highest BCUT2D eigenvalue weighted by Gasteiger charge is 2.13. The molecule has 1 rings (SSSR count). The molecule has 1 aromatic heterocycles. The first-order valence-electron chi connectivity index (χ1n) is 8.19. The number of rotatable bonds is 11. The number of hydrogen-bond donors (Lipinski definition) is 1. The van der Waals surface area contributed by atoms with Crippen LogP contribution in [-0.2, 0) is 13.1 Å². The fraction of sp³-hybridized carbons (Fsp3) is 0.765. The molecule has 1 heterocycles. The summed E-state index contributed by atoms with van der Waals surface area (Å²) in [7, 11) is 0. The van der Waals surface area contributed by atoms with Crippen molar-refractivity contribution in [3.8, 4) is 0 Å². The van der Waals surface area contributed by atoms with Gasteiger partial charge in [0.25, 0.3) is 0 Å². The molecule has 0 unspecified atom stereocenters. The number of unbranched alkanes of at least 4 members (excludes halogenated alkanes) is 2. The average molecular weight is 280 g/mol. The van der Waals surface area contributed by atoms with Crippen LogP contribution in [0.15, 0.2) is 16.7 Å². The Labute approximate surface area is 124 Å². The smallest absolute Gasteiger partial charge is 0.122 e. The van der Waals surface area contributed by atoms with Gasteiger partial charge in [0, 0.05) is 18.2 Å². The molecule has 0 saturated carbocycles. The number of hydrogen-bond acceptors (Lipinski definition) is 3. The van der Waals surface area contributed by atoms with E-state index in [9.17, 15) is 0 Å². The van der Waals surface area contributed by atoms with Gasteiger partial charge in [-0.1, -0.05) is 26.7 Å². The van der Waals surface area contributed by atoms with Gasteiger partial charge in [-0.2, -0.15) is 0 Å². The Bertz CT molecular complexity index is 347. The maximum absolute atomic E-state index is 5.63. The van der Waals surface area contributed by atoms with Crippen LogP contribution in [-0.4, -0.2) is 24.0 Å². The second kappa shape index (κ2) is 10.0. The fourth-order valence-corrected chi connectivity index (χ4v) is 2.35. The second-order valence-electron chi connectivity index (χ2n) is 5.82. The van der Waals surface area contributed by atoms with E-state index >= 15 is 0 Å². The molecule has 0 amide bonds. The van der Waals surface area contributed by atoms with E-state index in [1.165, 1.54) is 31.4 Å². The van der Waals surface area contributed by atoms with E-state index in [2.05, 4.69) is 44.0 Å². The van der Waals surface area contributed by atoms with Gasteiger partial charge in [-0.3, -0.25) is 4.90 Å². The molecule has 1 aromatic rings. The van der Waals surface area contributed by atoms with Crippen molar-refractivity contribution in [2.75, 3.05) is 13.1 Å². The zero-order chi connectivity index (χ0) is 14.8. The number of furan rings is 1. The fourth-order valence-electron chi connectivity index (χ4n) is 2.35. The SMILES string of the molecule is CCCCCN(Cc1ccoc1CNCCC)C(C)C.